The van der Waals surface area contributed by atoms with E-state index in [1.54, 1.807) is 57.5 Å². The van der Waals surface area contributed by atoms with Crippen molar-refractivity contribution in [2.24, 2.45) is 0 Å². The number of hydrogen-bond donors (Lipinski definition) is 10. The molecule has 4 aliphatic carbocycles. The normalized spacial score (nSPS) is 19.3. The number of benzene rings is 4. The van der Waals surface area contributed by atoms with Crippen molar-refractivity contribution < 1.29 is 29.4 Å². The number of carbonyl (C=O) groups is 4. The van der Waals surface area contributed by atoms with Crippen LogP contribution in [0, 0.1) is 0 Å². The van der Waals surface area contributed by atoms with Crippen molar-refractivity contribution in [1.82, 2.24) is 62.1 Å². The van der Waals surface area contributed by atoms with Crippen LogP contribution >= 0.6 is 45.3 Å². The smallest absolute Gasteiger partial charge is 0.315 e. The van der Waals surface area contributed by atoms with Crippen LogP contribution in [0.3, 0.4) is 0 Å². The van der Waals surface area contributed by atoms with Crippen LogP contribution in [0.1, 0.15) is 107 Å². The first-order valence-corrected chi connectivity index (χ1v) is 40.2. The predicted molar refractivity (Wildman–Crippen MR) is 430 cm³/mol. The molecule has 4 aromatic heterocycles. The van der Waals surface area contributed by atoms with Gasteiger partial charge in [0.1, 0.15) is 11.5 Å². The zero-order chi connectivity index (χ0) is 74.6. The number of nitrogens with one attached hydrogen (secondary N) is 8. The largest absolute Gasteiger partial charge is 0.508 e. The van der Waals surface area contributed by atoms with Gasteiger partial charge in [0.15, 0.2) is 0 Å². The lowest BCUT2D eigenvalue weighted by Gasteiger charge is -2.43. The van der Waals surface area contributed by atoms with E-state index in [1.807, 2.05) is 59.1 Å². The molecule has 0 bridgehead atoms. The molecular formula is C82H112N12O6S4. The van der Waals surface area contributed by atoms with Crippen molar-refractivity contribution in [2.45, 2.75) is 164 Å². The molecule has 4 aromatic carbocycles. The molecule has 104 heavy (non-hydrogen) atoms. The number of urea groups is 4. The molecule has 0 saturated heterocycles. The molecule has 560 valence electrons. The second-order valence-corrected chi connectivity index (χ2v) is 33.4. The first-order valence-electron chi connectivity index (χ1n) is 36.4. The van der Waals surface area contributed by atoms with Crippen molar-refractivity contribution in [3.05, 3.63) is 219 Å². The van der Waals surface area contributed by atoms with Gasteiger partial charge in [0.05, 0.1) is 0 Å². The topological polar surface area (TPSA) is 218 Å². The summed E-state index contributed by atoms with van der Waals surface area (Å²) in [7, 11) is 16.7. The number of carbonyl (C=O) groups excluding carboxylic acids is 4. The van der Waals surface area contributed by atoms with Gasteiger partial charge in [0, 0.05) is 72.5 Å². The summed E-state index contributed by atoms with van der Waals surface area (Å²) in [5.41, 5.74) is 15.2. The molecule has 0 aliphatic heterocycles. The predicted octanol–water partition coefficient (Wildman–Crippen LogP) is 12.5. The summed E-state index contributed by atoms with van der Waals surface area (Å²) in [6.45, 7) is 10.6. The maximum atomic E-state index is 12.4. The average molecular weight is 1490 g/mol. The van der Waals surface area contributed by atoms with E-state index in [0.717, 1.165) is 95.5 Å². The highest BCUT2D eigenvalue weighted by atomic mass is 32.1. The first-order chi connectivity index (χ1) is 49.7. The molecule has 0 spiro atoms. The molecule has 7 atom stereocenters. The Balaban J connectivity index is 0.000000161. The van der Waals surface area contributed by atoms with Gasteiger partial charge in [0.25, 0.3) is 0 Å². The minimum atomic E-state index is -0.163. The molecule has 3 unspecified atom stereocenters. The van der Waals surface area contributed by atoms with Gasteiger partial charge in [-0.3, -0.25) is 0 Å². The Kier molecular flexibility index (Phi) is 28.9. The van der Waals surface area contributed by atoms with Crippen LogP contribution in [0.4, 0.5) is 19.2 Å². The van der Waals surface area contributed by atoms with Gasteiger partial charge in [-0.15, -0.1) is 0 Å². The van der Waals surface area contributed by atoms with Crippen molar-refractivity contribution in [3.63, 3.8) is 0 Å². The Morgan fingerprint density at radius 3 is 0.933 bits per heavy atom. The van der Waals surface area contributed by atoms with E-state index >= 15 is 0 Å². The second-order valence-electron chi connectivity index (χ2n) is 30.2. The minimum absolute atomic E-state index is 0.0255. The fourth-order valence-electron chi connectivity index (χ4n) is 14.9. The van der Waals surface area contributed by atoms with Crippen molar-refractivity contribution >= 4 is 69.5 Å². The fraction of sp³-hybridized carbons (Fsp3) is 0.463. The number of aryl methyl sites for hydroxylation is 2. The molecule has 22 heteroatoms. The third kappa shape index (κ3) is 22.6. The highest BCUT2D eigenvalue weighted by Crippen LogP contribution is 2.38. The maximum Gasteiger partial charge on any atom is 0.315 e. The Hall–Kier alpha value is -7.80. The van der Waals surface area contributed by atoms with E-state index in [9.17, 15) is 29.4 Å². The molecule has 18 nitrogen and oxygen atoms in total. The number of rotatable bonds is 24. The van der Waals surface area contributed by atoms with Gasteiger partial charge in [-0.1, -0.05) is 60.7 Å². The van der Waals surface area contributed by atoms with E-state index < -0.39 is 0 Å². The van der Waals surface area contributed by atoms with Crippen LogP contribution in [0.25, 0.3) is 0 Å². The number of hydrogen-bond acceptors (Lipinski definition) is 14. The number of aromatic hydroxyl groups is 2. The minimum Gasteiger partial charge on any atom is -0.508 e. The Morgan fingerprint density at radius 2 is 0.615 bits per heavy atom. The number of phenolic OH excluding ortho intramolecular Hbond substituents is 2. The standard InChI is InChI=1S/C21H29N3O2S.C21H29N3OS.C20H27N3O2S.C20H27N3OS/c1-15(10-16-7-9-27-13-16)23-20(26)22-14-21(24(2)3)8-6-17-11-19(25)5-4-18(17)12-21;1-16(12-17-9-11-26-14-17)23-20(25)22-15-21(24(2)3)10-8-18-6-4-5-7-19(18)13-21;1-14(8-15-6-7-26-12-15)22-19(25)21-13-20(23(2)3)10-16-4-5-18(24)9-17(16)11-20;1-15(10-16-8-9-25-13-16)22-19(24)21-14-20(23(2)3)11-17-6-4-5-7-18(17)12-20/h4-5,7,9,11,13,15,25H,6,8,10,12,14H2,1-3H3,(H2,22,23,26);4-7,9,11,14,16H,8,10,12-13,15H2,1-3H3,(H2,22,23,25);4-7,9,12,14,24H,8,10-11,13H2,1-3H3,(H2,21,22,25);4-9,13,15H,10-12,14H2,1-3H3,(H2,21,22,24)/t15-,21?;16-,21?;14-,20?;15-/m0000/s1. The summed E-state index contributed by atoms with van der Waals surface area (Å²) < 4.78 is 0. The number of fused-ring (bicyclic) bond motifs is 4. The lowest BCUT2D eigenvalue weighted by Crippen LogP contribution is -2.57. The van der Waals surface area contributed by atoms with Crippen LogP contribution in [-0.4, -0.2) is 183 Å². The summed E-state index contributed by atoms with van der Waals surface area (Å²) in [6, 6.07) is 36.8. The maximum absolute atomic E-state index is 12.4. The Labute approximate surface area is 633 Å². The van der Waals surface area contributed by atoms with Crippen molar-refractivity contribution in [1.29, 1.82) is 0 Å². The summed E-state index contributed by atoms with van der Waals surface area (Å²) in [5, 5.41) is 60.8. The number of phenols is 2. The van der Waals surface area contributed by atoms with E-state index in [2.05, 4.69) is 227 Å². The molecule has 10 N–H and O–H groups in total. The SMILES string of the molecule is C[C@@H](Cc1ccsc1)NC(=O)NCC1(N(C)C)CCc2cc(O)ccc2C1.C[C@@H](Cc1ccsc1)NC(=O)NCC1(N(C)C)CCc2ccccc2C1.C[C@@H](Cc1ccsc1)NC(=O)NCC1(N(C)C)Cc2ccc(O)cc2C1.C[C@@H](Cc1ccsc1)NC(=O)NCC1(N(C)C)Cc2ccccc2C1. The van der Waals surface area contributed by atoms with Gasteiger partial charge in [-0.05, 0) is 332 Å². The molecule has 4 heterocycles. The second kappa shape index (κ2) is 37.4. The summed E-state index contributed by atoms with van der Waals surface area (Å²) in [4.78, 5) is 58.4. The van der Waals surface area contributed by atoms with Crippen LogP contribution in [0.2, 0.25) is 0 Å². The zero-order valence-electron chi connectivity index (χ0n) is 63.0. The Morgan fingerprint density at radius 1 is 0.356 bits per heavy atom. The number of nitrogens with zero attached hydrogens (tertiary/aromatic N) is 4. The van der Waals surface area contributed by atoms with Gasteiger partial charge in [0.2, 0.25) is 0 Å². The van der Waals surface area contributed by atoms with Crippen molar-refractivity contribution in [2.75, 3.05) is 82.6 Å². The van der Waals surface area contributed by atoms with E-state index in [1.165, 1.54) is 61.2 Å². The highest BCUT2D eigenvalue weighted by Gasteiger charge is 2.42. The molecule has 0 fully saturated rings. The molecule has 0 radical (unpaired) electrons. The average Bonchev–Trinajstić information content (AvgIpc) is 1.30. The van der Waals surface area contributed by atoms with Crippen LogP contribution < -0.4 is 42.5 Å². The summed E-state index contributed by atoms with van der Waals surface area (Å²) in [6.07, 6.45) is 12.8. The zero-order valence-corrected chi connectivity index (χ0v) is 66.3. The summed E-state index contributed by atoms with van der Waals surface area (Å²) >= 11 is 6.73. The third-order valence-electron chi connectivity index (χ3n) is 21.6. The van der Waals surface area contributed by atoms with E-state index in [0.29, 0.717) is 37.7 Å². The lowest BCUT2D eigenvalue weighted by atomic mass is 9.77. The number of likely N-dealkylation sites (N-methyl/N-ethyl adjacent to an activating group) is 4. The van der Waals surface area contributed by atoms with Crippen LogP contribution in [0.15, 0.2) is 152 Å². The number of amides is 8. The monoisotopic (exact) mass is 1490 g/mol. The van der Waals surface area contributed by atoms with Crippen molar-refractivity contribution in [3.8, 4) is 11.5 Å². The van der Waals surface area contributed by atoms with Gasteiger partial charge < -0.3 is 72.3 Å². The molecule has 8 amide bonds. The molecule has 12 rings (SSSR count). The van der Waals surface area contributed by atoms with Crippen LogP contribution in [-0.2, 0) is 77.0 Å². The van der Waals surface area contributed by atoms with Gasteiger partial charge in [-0.25, -0.2) is 19.2 Å². The molecule has 8 aromatic rings. The Bertz CT molecular complexity index is 3970. The lowest BCUT2D eigenvalue weighted by molar-refractivity contribution is 0.129. The fourth-order valence-corrected chi connectivity index (χ4v) is 17.6. The first kappa shape index (κ1) is 80.3. The van der Waals surface area contributed by atoms with Gasteiger partial charge in [-0.2, -0.15) is 45.3 Å². The molecule has 0 saturated carbocycles. The third-order valence-corrected chi connectivity index (χ3v) is 24.5. The van der Waals surface area contributed by atoms with Gasteiger partial charge >= 0.3 is 24.1 Å². The highest BCUT2D eigenvalue weighted by molar-refractivity contribution is 7.08. The summed E-state index contributed by atoms with van der Waals surface area (Å²) in [5.74, 6) is 0.620. The van der Waals surface area contributed by atoms with Crippen LogP contribution in [0.5, 0.6) is 11.5 Å². The molecule has 4 aliphatic rings. The molecular weight excluding hydrogens is 1380 g/mol. The van der Waals surface area contributed by atoms with E-state index in [-0.39, 0.29) is 70.4 Å². The number of thiophene rings is 4. The van der Waals surface area contributed by atoms with E-state index in [4.69, 9.17) is 0 Å². The quantitative estimate of drug-likeness (QED) is 0.0276.